The van der Waals surface area contributed by atoms with Gasteiger partial charge in [-0.05, 0) is 49.9 Å². The minimum atomic E-state index is -1.39. The fourth-order valence-electron chi connectivity index (χ4n) is 3.89. The van der Waals surface area contributed by atoms with Gasteiger partial charge in [-0.25, -0.2) is 13.2 Å². The molecule has 2 unspecified atom stereocenters. The maximum absolute atomic E-state index is 13.4. The number of methoxy groups -OCH3 is 1. The molecule has 0 amide bonds. The van der Waals surface area contributed by atoms with Crippen molar-refractivity contribution in [2.45, 2.75) is 37.3 Å². The van der Waals surface area contributed by atoms with Crippen molar-refractivity contribution in [1.29, 1.82) is 0 Å². The van der Waals surface area contributed by atoms with Crippen LogP contribution < -0.4 is 0 Å². The van der Waals surface area contributed by atoms with Crippen LogP contribution in [0.4, 0.5) is 13.2 Å². The summed E-state index contributed by atoms with van der Waals surface area (Å²) < 4.78 is 45.3. The molecule has 110 valence electrons. The Bertz CT molecular complexity index is 499. The van der Waals surface area contributed by atoms with Gasteiger partial charge in [-0.3, -0.25) is 4.90 Å². The average molecular weight is 285 g/mol. The van der Waals surface area contributed by atoms with Crippen LogP contribution in [0.25, 0.3) is 0 Å². The largest absolute Gasteiger partial charge is 0.383 e. The summed E-state index contributed by atoms with van der Waals surface area (Å²) in [5.74, 6) is -3.61. The van der Waals surface area contributed by atoms with Crippen molar-refractivity contribution in [3.8, 4) is 0 Å². The zero-order valence-corrected chi connectivity index (χ0v) is 11.5. The summed E-state index contributed by atoms with van der Waals surface area (Å²) in [6.07, 6.45) is 3.88. The van der Waals surface area contributed by atoms with Gasteiger partial charge in [0.05, 0.1) is 6.61 Å². The molecule has 0 radical (unpaired) electrons. The molecule has 0 aliphatic carbocycles. The highest BCUT2D eigenvalue weighted by Gasteiger charge is 2.49. The van der Waals surface area contributed by atoms with Crippen molar-refractivity contribution >= 4 is 0 Å². The molecular formula is C15H18F3NO. The average Bonchev–Trinajstić information content (AvgIpc) is 2.94. The number of ether oxygens (including phenoxy) is 1. The minimum absolute atomic E-state index is 0.0131. The molecule has 5 heteroatoms. The van der Waals surface area contributed by atoms with E-state index < -0.39 is 17.5 Å². The number of benzene rings is 1. The smallest absolute Gasteiger partial charge is 0.194 e. The second kappa shape index (κ2) is 5.04. The summed E-state index contributed by atoms with van der Waals surface area (Å²) in [6, 6.07) is 2.21. The Hall–Kier alpha value is -1.07. The maximum Gasteiger partial charge on any atom is 0.194 e. The highest BCUT2D eigenvalue weighted by molar-refractivity contribution is 5.25. The Balaban J connectivity index is 1.92. The fourth-order valence-corrected chi connectivity index (χ4v) is 3.89. The van der Waals surface area contributed by atoms with Gasteiger partial charge in [-0.2, -0.15) is 0 Å². The van der Waals surface area contributed by atoms with Gasteiger partial charge >= 0.3 is 0 Å². The van der Waals surface area contributed by atoms with Crippen LogP contribution in [0.3, 0.4) is 0 Å². The third-order valence-corrected chi connectivity index (χ3v) is 4.71. The molecule has 0 bridgehead atoms. The number of halogens is 3. The highest BCUT2D eigenvalue weighted by atomic mass is 19.2. The Labute approximate surface area is 116 Å². The summed E-state index contributed by atoms with van der Waals surface area (Å²) in [4.78, 5) is 2.28. The lowest BCUT2D eigenvalue weighted by molar-refractivity contribution is 0.0494. The molecule has 1 aromatic carbocycles. The molecule has 0 saturated carbocycles. The summed E-state index contributed by atoms with van der Waals surface area (Å²) in [5, 5.41) is 0. The van der Waals surface area contributed by atoms with Crippen molar-refractivity contribution in [2.24, 2.45) is 0 Å². The minimum Gasteiger partial charge on any atom is -0.383 e. The van der Waals surface area contributed by atoms with Crippen LogP contribution in [-0.2, 0) is 4.74 Å². The zero-order chi connectivity index (χ0) is 14.3. The molecule has 2 saturated heterocycles. The van der Waals surface area contributed by atoms with Crippen molar-refractivity contribution in [2.75, 3.05) is 20.3 Å². The Morgan fingerprint density at radius 3 is 2.60 bits per heavy atom. The van der Waals surface area contributed by atoms with E-state index in [1.54, 1.807) is 7.11 Å². The molecule has 0 spiro atoms. The van der Waals surface area contributed by atoms with Crippen molar-refractivity contribution in [1.82, 2.24) is 4.90 Å². The molecule has 2 fully saturated rings. The summed E-state index contributed by atoms with van der Waals surface area (Å²) in [6.45, 7) is 1.53. The normalized spacial score (nSPS) is 29.9. The number of hydrogen-bond donors (Lipinski definition) is 0. The lowest BCUT2D eigenvalue weighted by Crippen LogP contribution is -2.43. The first-order valence-electron chi connectivity index (χ1n) is 6.97. The van der Waals surface area contributed by atoms with Gasteiger partial charge in [-0.15, -0.1) is 0 Å². The molecule has 0 aromatic heterocycles. The molecule has 0 N–H and O–H groups in total. The third-order valence-electron chi connectivity index (χ3n) is 4.71. The van der Waals surface area contributed by atoms with Gasteiger partial charge in [-0.1, -0.05) is 0 Å². The van der Waals surface area contributed by atoms with Crippen molar-refractivity contribution < 1.29 is 17.9 Å². The SMILES string of the molecule is COCC12CCCN1C(c1cc(F)c(F)c(F)c1)CC2. The van der Waals surface area contributed by atoms with Crippen LogP contribution in [0.5, 0.6) is 0 Å². The predicted octanol–water partition coefficient (Wildman–Crippen LogP) is 3.42. The van der Waals surface area contributed by atoms with Crippen LogP contribution in [-0.4, -0.2) is 30.7 Å². The van der Waals surface area contributed by atoms with Crippen LogP contribution >= 0.6 is 0 Å². The number of fused-ring (bicyclic) bond motifs is 1. The van der Waals surface area contributed by atoms with E-state index >= 15 is 0 Å². The van der Waals surface area contributed by atoms with Gasteiger partial charge in [0, 0.05) is 18.7 Å². The summed E-state index contributed by atoms with van der Waals surface area (Å²) in [7, 11) is 1.68. The van der Waals surface area contributed by atoms with E-state index in [0.29, 0.717) is 12.2 Å². The van der Waals surface area contributed by atoms with Gasteiger partial charge in [0.15, 0.2) is 17.5 Å². The second-order valence-electron chi connectivity index (χ2n) is 5.81. The Morgan fingerprint density at radius 2 is 1.95 bits per heavy atom. The molecule has 20 heavy (non-hydrogen) atoms. The number of rotatable bonds is 3. The highest BCUT2D eigenvalue weighted by Crippen LogP contribution is 2.48. The van der Waals surface area contributed by atoms with E-state index in [-0.39, 0.29) is 11.6 Å². The first-order valence-corrected chi connectivity index (χ1v) is 6.97. The van der Waals surface area contributed by atoms with Crippen LogP contribution in [0.15, 0.2) is 12.1 Å². The zero-order valence-electron chi connectivity index (χ0n) is 11.5. The van der Waals surface area contributed by atoms with Gasteiger partial charge in [0.1, 0.15) is 0 Å². The second-order valence-corrected chi connectivity index (χ2v) is 5.81. The molecule has 1 aromatic rings. The fraction of sp³-hybridized carbons (Fsp3) is 0.600. The van der Waals surface area contributed by atoms with E-state index in [4.69, 9.17) is 4.74 Å². The van der Waals surface area contributed by atoms with E-state index in [9.17, 15) is 13.2 Å². The Kier molecular flexibility index (Phi) is 3.50. The van der Waals surface area contributed by atoms with E-state index in [1.807, 2.05) is 0 Å². The maximum atomic E-state index is 13.4. The molecule has 2 aliphatic heterocycles. The third kappa shape index (κ3) is 2.04. The van der Waals surface area contributed by atoms with Crippen LogP contribution in [0.2, 0.25) is 0 Å². The van der Waals surface area contributed by atoms with Crippen molar-refractivity contribution in [3.05, 3.63) is 35.1 Å². The first-order chi connectivity index (χ1) is 9.57. The first kappa shape index (κ1) is 13.9. The van der Waals surface area contributed by atoms with E-state index in [1.165, 1.54) is 0 Å². The van der Waals surface area contributed by atoms with Crippen LogP contribution in [0.1, 0.15) is 37.3 Å². The Morgan fingerprint density at radius 1 is 1.25 bits per heavy atom. The standard InChI is InChI=1S/C15H18F3NO/c1-20-9-15-4-2-6-19(15)13(3-5-15)10-7-11(16)14(18)12(17)8-10/h7-8,13H,2-6,9H2,1H3. The van der Waals surface area contributed by atoms with E-state index in [2.05, 4.69) is 4.90 Å². The van der Waals surface area contributed by atoms with Crippen LogP contribution in [0, 0.1) is 17.5 Å². The summed E-state index contributed by atoms with van der Waals surface area (Å²) in [5.41, 5.74) is 0.516. The topological polar surface area (TPSA) is 12.5 Å². The molecule has 2 aliphatic rings. The number of hydrogen-bond acceptors (Lipinski definition) is 2. The molecule has 2 atom stereocenters. The lowest BCUT2D eigenvalue weighted by Gasteiger charge is -2.34. The monoisotopic (exact) mass is 285 g/mol. The summed E-state index contributed by atoms with van der Waals surface area (Å²) >= 11 is 0. The lowest BCUT2D eigenvalue weighted by atomic mass is 9.95. The quantitative estimate of drug-likeness (QED) is 0.789. The van der Waals surface area contributed by atoms with Gasteiger partial charge in [0.25, 0.3) is 0 Å². The molecule has 2 heterocycles. The molecular weight excluding hydrogens is 267 g/mol. The number of nitrogens with zero attached hydrogens (tertiary/aromatic N) is 1. The molecule has 2 nitrogen and oxygen atoms in total. The molecule has 3 rings (SSSR count). The predicted molar refractivity (Wildman–Crippen MR) is 68.8 cm³/mol. The van der Waals surface area contributed by atoms with Gasteiger partial charge < -0.3 is 4.74 Å². The van der Waals surface area contributed by atoms with E-state index in [0.717, 1.165) is 44.4 Å². The van der Waals surface area contributed by atoms with Crippen molar-refractivity contribution in [3.63, 3.8) is 0 Å². The van der Waals surface area contributed by atoms with Gasteiger partial charge in [0.2, 0.25) is 0 Å².